The van der Waals surface area contributed by atoms with Gasteiger partial charge in [-0.3, -0.25) is 4.79 Å². The number of benzene rings is 1. The lowest BCUT2D eigenvalue weighted by atomic mass is 10.1. The zero-order chi connectivity index (χ0) is 17.6. The molecule has 0 fully saturated rings. The summed E-state index contributed by atoms with van der Waals surface area (Å²) in [6, 6.07) is 7.87. The van der Waals surface area contributed by atoms with Crippen LogP contribution in [0.3, 0.4) is 0 Å². The van der Waals surface area contributed by atoms with Crippen LogP contribution in [0.4, 0.5) is 5.13 Å². The van der Waals surface area contributed by atoms with Crippen LogP contribution in [0.2, 0.25) is 0 Å². The average molecular weight is 375 g/mol. The van der Waals surface area contributed by atoms with Gasteiger partial charge in [-0.05, 0) is 12.7 Å². The van der Waals surface area contributed by atoms with Gasteiger partial charge in [-0.15, -0.1) is 10.2 Å². The fraction of sp³-hybridized carbons (Fsp3) is 0.312. The molecule has 3 aromatic rings. The minimum Gasteiger partial charge on any atom is -0.339 e. The normalized spacial score (nSPS) is 10.8. The zero-order valence-electron chi connectivity index (χ0n) is 13.9. The fourth-order valence-electron chi connectivity index (χ4n) is 2.02. The van der Waals surface area contributed by atoms with Crippen LogP contribution in [0, 0.1) is 6.92 Å². The minimum atomic E-state index is -0.153. The maximum Gasteiger partial charge on any atom is 0.227 e. The Kier molecular flexibility index (Phi) is 5.77. The average Bonchev–Trinajstić information content (AvgIpc) is 3.24. The monoisotopic (exact) mass is 375 g/mol. The molecule has 7 nitrogen and oxygen atoms in total. The van der Waals surface area contributed by atoms with E-state index in [1.54, 1.807) is 11.8 Å². The highest BCUT2D eigenvalue weighted by molar-refractivity contribution is 8.01. The third-order valence-electron chi connectivity index (χ3n) is 3.26. The highest BCUT2D eigenvalue weighted by Crippen LogP contribution is 2.25. The standard InChI is InChI=1S/C16H17N5O2S2/c1-3-24-16-20-19-15(25-16)17-12(22)8-9-13-18-14(21-23-13)11-6-4-10(2)5-7-11/h4-7H,3,8-9H2,1-2H3,(H,17,19,22). The van der Waals surface area contributed by atoms with Crippen LogP contribution < -0.4 is 5.32 Å². The second-order valence-corrected chi connectivity index (χ2v) is 7.72. The summed E-state index contributed by atoms with van der Waals surface area (Å²) in [6.07, 6.45) is 0.616. The lowest BCUT2D eigenvalue weighted by Crippen LogP contribution is -2.12. The predicted octanol–water partition coefficient (Wildman–Crippen LogP) is 3.58. The lowest BCUT2D eigenvalue weighted by Gasteiger charge is -1.98. The van der Waals surface area contributed by atoms with Gasteiger partial charge in [0.15, 0.2) is 4.34 Å². The lowest BCUT2D eigenvalue weighted by molar-refractivity contribution is -0.116. The number of rotatable bonds is 7. The summed E-state index contributed by atoms with van der Waals surface area (Å²) in [5, 5.41) is 15.1. The van der Waals surface area contributed by atoms with Crippen LogP contribution >= 0.6 is 23.1 Å². The molecule has 0 saturated heterocycles. The number of aryl methyl sites for hydroxylation is 2. The zero-order valence-corrected chi connectivity index (χ0v) is 15.5. The van der Waals surface area contributed by atoms with Crippen molar-refractivity contribution >= 4 is 34.1 Å². The van der Waals surface area contributed by atoms with Gasteiger partial charge < -0.3 is 9.84 Å². The number of hydrogen-bond donors (Lipinski definition) is 1. The summed E-state index contributed by atoms with van der Waals surface area (Å²) < 4.78 is 6.06. The molecular weight excluding hydrogens is 358 g/mol. The number of carbonyl (C=O) groups excluding carboxylic acids is 1. The topological polar surface area (TPSA) is 93.8 Å². The molecule has 2 heterocycles. The number of aromatic nitrogens is 4. The Bertz CT molecular complexity index is 844. The maximum absolute atomic E-state index is 12.0. The third kappa shape index (κ3) is 4.86. The van der Waals surface area contributed by atoms with Gasteiger partial charge in [0.1, 0.15) is 0 Å². The van der Waals surface area contributed by atoms with E-state index >= 15 is 0 Å². The molecular formula is C16H17N5O2S2. The minimum absolute atomic E-state index is 0.153. The van der Waals surface area contributed by atoms with E-state index in [1.807, 2.05) is 38.1 Å². The van der Waals surface area contributed by atoms with Crippen molar-refractivity contribution in [3.8, 4) is 11.4 Å². The van der Waals surface area contributed by atoms with Gasteiger partial charge in [0.25, 0.3) is 0 Å². The molecule has 0 bridgehead atoms. The highest BCUT2D eigenvalue weighted by Gasteiger charge is 2.12. The molecule has 0 aliphatic heterocycles. The first-order chi connectivity index (χ1) is 12.1. The Morgan fingerprint density at radius 2 is 2.08 bits per heavy atom. The maximum atomic E-state index is 12.0. The van der Waals surface area contributed by atoms with E-state index in [4.69, 9.17) is 4.52 Å². The Morgan fingerprint density at radius 3 is 2.84 bits per heavy atom. The van der Waals surface area contributed by atoms with Crippen LogP contribution in [0.1, 0.15) is 24.8 Å². The SMILES string of the molecule is CCSc1nnc(NC(=O)CCc2nc(-c3ccc(C)cc3)no2)s1. The predicted molar refractivity (Wildman–Crippen MR) is 97.7 cm³/mol. The summed E-state index contributed by atoms with van der Waals surface area (Å²) in [5.41, 5.74) is 2.06. The number of nitrogens with zero attached hydrogens (tertiary/aromatic N) is 4. The molecule has 3 rings (SSSR count). The van der Waals surface area contributed by atoms with E-state index in [-0.39, 0.29) is 12.3 Å². The van der Waals surface area contributed by atoms with Gasteiger partial charge >= 0.3 is 0 Å². The van der Waals surface area contributed by atoms with Crippen LogP contribution in [-0.2, 0) is 11.2 Å². The van der Waals surface area contributed by atoms with Crippen molar-refractivity contribution in [2.24, 2.45) is 0 Å². The molecule has 0 radical (unpaired) electrons. The largest absolute Gasteiger partial charge is 0.339 e. The fourth-order valence-corrected chi connectivity index (χ4v) is 3.69. The second-order valence-electron chi connectivity index (χ2n) is 5.23. The Balaban J connectivity index is 1.52. The molecule has 1 aromatic carbocycles. The van der Waals surface area contributed by atoms with E-state index in [9.17, 15) is 4.79 Å². The Hall–Kier alpha value is -2.26. The van der Waals surface area contributed by atoms with Gasteiger partial charge in [-0.25, -0.2) is 0 Å². The molecule has 0 aliphatic rings. The molecule has 0 aliphatic carbocycles. The van der Waals surface area contributed by atoms with E-state index < -0.39 is 0 Å². The summed E-state index contributed by atoms with van der Waals surface area (Å²) in [7, 11) is 0. The van der Waals surface area contributed by atoms with Crippen LogP contribution in [0.25, 0.3) is 11.4 Å². The molecule has 0 atom stereocenters. The number of thioether (sulfide) groups is 1. The molecule has 0 spiro atoms. The first-order valence-corrected chi connectivity index (χ1v) is 9.60. The summed E-state index contributed by atoms with van der Waals surface area (Å²) >= 11 is 2.96. The molecule has 0 saturated carbocycles. The van der Waals surface area contributed by atoms with Gasteiger partial charge in [-0.1, -0.05) is 65.0 Å². The Labute approximate surface area is 153 Å². The molecule has 9 heteroatoms. The summed E-state index contributed by atoms with van der Waals surface area (Å²) in [5.74, 6) is 1.73. The first-order valence-electron chi connectivity index (χ1n) is 7.80. The molecule has 0 unspecified atom stereocenters. The van der Waals surface area contributed by atoms with E-state index in [1.165, 1.54) is 16.9 Å². The number of nitrogens with one attached hydrogen (secondary N) is 1. The molecule has 2 aromatic heterocycles. The van der Waals surface area contributed by atoms with Crippen molar-refractivity contribution in [3.63, 3.8) is 0 Å². The van der Waals surface area contributed by atoms with Crippen molar-refractivity contribution in [3.05, 3.63) is 35.7 Å². The van der Waals surface area contributed by atoms with Crippen molar-refractivity contribution in [2.75, 3.05) is 11.1 Å². The Morgan fingerprint density at radius 1 is 1.28 bits per heavy atom. The van der Waals surface area contributed by atoms with Crippen LogP contribution in [0.15, 0.2) is 33.1 Å². The number of anilines is 1. The highest BCUT2D eigenvalue weighted by atomic mass is 32.2. The quantitative estimate of drug-likeness (QED) is 0.498. The third-order valence-corrected chi connectivity index (χ3v) is 5.12. The van der Waals surface area contributed by atoms with Crippen LogP contribution in [0.5, 0.6) is 0 Å². The smallest absolute Gasteiger partial charge is 0.227 e. The van der Waals surface area contributed by atoms with Crippen molar-refractivity contribution in [2.45, 2.75) is 31.0 Å². The molecule has 25 heavy (non-hydrogen) atoms. The number of amides is 1. The van der Waals surface area contributed by atoms with E-state index in [0.29, 0.717) is 23.3 Å². The molecule has 1 N–H and O–H groups in total. The van der Waals surface area contributed by atoms with E-state index in [2.05, 4.69) is 25.7 Å². The van der Waals surface area contributed by atoms with Gasteiger partial charge in [-0.2, -0.15) is 4.98 Å². The van der Waals surface area contributed by atoms with Crippen molar-refractivity contribution in [1.29, 1.82) is 0 Å². The van der Waals surface area contributed by atoms with Crippen molar-refractivity contribution < 1.29 is 9.32 Å². The number of carbonyl (C=O) groups is 1. The first kappa shape index (κ1) is 17.6. The van der Waals surface area contributed by atoms with Crippen molar-refractivity contribution in [1.82, 2.24) is 20.3 Å². The van der Waals surface area contributed by atoms with Gasteiger partial charge in [0, 0.05) is 18.4 Å². The number of hydrogen-bond acceptors (Lipinski definition) is 8. The summed E-state index contributed by atoms with van der Waals surface area (Å²) in [4.78, 5) is 16.3. The second kappa shape index (κ2) is 8.21. The molecule has 130 valence electrons. The van der Waals surface area contributed by atoms with Gasteiger partial charge in [0.05, 0.1) is 0 Å². The van der Waals surface area contributed by atoms with Gasteiger partial charge in [0.2, 0.25) is 22.8 Å². The summed E-state index contributed by atoms with van der Waals surface area (Å²) in [6.45, 7) is 4.06. The van der Waals surface area contributed by atoms with Crippen LogP contribution in [-0.4, -0.2) is 32.0 Å². The van der Waals surface area contributed by atoms with E-state index in [0.717, 1.165) is 15.7 Å². The molecule has 1 amide bonds.